The second kappa shape index (κ2) is 6.30. The van der Waals surface area contributed by atoms with Crippen molar-refractivity contribution in [3.8, 4) is 0 Å². The quantitative estimate of drug-likeness (QED) is 0.871. The maximum atomic E-state index is 4.66. The van der Waals surface area contributed by atoms with E-state index in [-0.39, 0.29) is 0 Å². The van der Waals surface area contributed by atoms with Crippen LogP contribution in [0.5, 0.6) is 0 Å². The van der Waals surface area contributed by atoms with Gasteiger partial charge in [-0.3, -0.25) is 4.90 Å². The highest BCUT2D eigenvalue weighted by Gasteiger charge is 2.25. The Hall–Kier alpha value is -1.53. The number of nitrogens with zero attached hydrogens (tertiary/aromatic N) is 5. The van der Waals surface area contributed by atoms with Gasteiger partial charge in [0.1, 0.15) is 16.6 Å². The van der Waals surface area contributed by atoms with Crippen molar-refractivity contribution in [1.29, 1.82) is 0 Å². The van der Waals surface area contributed by atoms with Gasteiger partial charge in [-0.15, -0.1) is 11.3 Å². The standard InChI is InChI=1S/C16H23N5S/c1-11-12(2)18-14(4)19-15(11)21-8-6-20(7-9-21)13(3)16-17-5-10-22-16/h5,10,13H,6-9H2,1-4H3. The highest BCUT2D eigenvalue weighted by Crippen LogP contribution is 2.26. The molecule has 22 heavy (non-hydrogen) atoms. The van der Waals surface area contributed by atoms with Crippen molar-refractivity contribution in [2.75, 3.05) is 31.1 Å². The molecule has 0 aromatic carbocycles. The van der Waals surface area contributed by atoms with Gasteiger partial charge in [0.25, 0.3) is 0 Å². The van der Waals surface area contributed by atoms with E-state index in [1.165, 1.54) is 10.6 Å². The second-order valence-corrected chi connectivity index (χ2v) is 6.80. The van der Waals surface area contributed by atoms with E-state index in [2.05, 4.69) is 50.9 Å². The summed E-state index contributed by atoms with van der Waals surface area (Å²) < 4.78 is 0. The molecule has 1 atom stereocenters. The number of aryl methyl sites for hydroxylation is 2. The van der Waals surface area contributed by atoms with Crippen molar-refractivity contribution in [3.05, 3.63) is 33.7 Å². The first-order valence-electron chi connectivity index (χ1n) is 7.76. The Morgan fingerprint density at radius 2 is 1.82 bits per heavy atom. The molecule has 0 spiro atoms. The second-order valence-electron chi connectivity index (χ2n) is 5.87. The summed E-state index contributed by atoms with van der Waals surface area (Å²) in [7, 11) is 0. The van der Waals surface area contributed by atoms with Crippen LogP contribution in [0.1, 0.15) is 35.1 Å². The Labute approximate surface area is 136 Å². The van der Waals surface area contributed by atoms with E-state index in [9.17, 15) is 0 Å². The number of anilines is 1. The van der Waals surface area contributed by atoms with Gasteiger partial charge in [0.05, 0.1) is 6.04 Å². The predicted octanol–water partition coefficient (Wildman–Crippen LogP) is 2.74. The van der Waals surface area contributed by atoms with E-state index in [0.29, 0.717) is 6.04 Å². The van der Waals surface area contributed by atoms with E-state index < -0.39 is 0 Å². The SMILES string of the molecule is Cc1nc(C)c(C)c(N2CCN(C(C)c3nccs3)CC2)n1. The molecule has 118 valence electrons. The molecule has 1 aliphatic rings. The average Bonchev–Trinajstić information content (AvgIpc) is 3.05. The predicted molar refractivity (Wildman–Crippen MR) is 90.6 cm³/mol. The van der Waals surface area contributed by atoms with Crippen LogP contribution in [-0.2, 0) is 0 Å². The van der Waals surface area contributed by atoms with Crippen LogP contribution in [0.4, 0.5) is 5.82 Å². The lowest BCUT2D eigenvalue weighted by molar-refractivity contribution is 0.198. The normalized spacial score (nSPS) is 17.7. The summed E-state index contributed by atoms with van der Waals surface area (Å²) in [6.45, 7) is 12.5. The van der Waals surface area contributed by atoms with Gasteiger partial charge < -0.3 is 4.90 Å². The van der Waals surface area contributed by atoms with Gasteiger partial charge in [0, 0.05) is 49.0 Å². The minimum atomic E-state index is 0.400. The molecule has 1 fully saturated rings. The lowest BCUT2D eigenvalue weighted by Crippen LogP contribution is -2.47. The lowest BCUT2D eigenvalue weighted by atomic mass is 10.2. The summed E-state index contributed by atoms with van der Waals surface area (Å²) >= 11 is 1.74. The fourth-order valence-corrected chi connectivity index (χ4v) is 3.71. The van der Waals surface area contributed by atoms with Gasteiger partial charge in [-0.25, -0.2) is 15.0 Å². The molecule has 0 radical (unpaired) electrons. The van der Waals surface area contributed by atoms with E-state index in [4.69, 9.17) is 0 Å². The van der Waals surface area contributed by atoms with Crippen molar-refractivity contribution in [2.45, 2.75) is 33.7 Å². The fraction of sp³-hybridized carbons (Fsp3) is 0.562. The molecular weight excluding hydrogens is 294 g/mol. The first-order valence-corrected chi connectivity index (χ1v) is 8.64. The Kier molecular flexibility index (Phi) is 4.40. The molecule has 0 amide bonds. The fourth-order valence-electron chi connectivity index (χ4n) is 2.98. The van der Waals surface area contributed by atoms with Crippen molar-refractivity contribution in [3.63, 3.8) is 0 Å². The molecule has 0 N–H and O–H groups in total. The van der Waals surface area contributed by atoms with Gasteiger partial charge in [0.15, 0.2) is 0 Å². The first-order chi connectivity index (χ1) is 10.6. The zero-order valence-corrected chi connectivity index (χ0v) is 14.5. The maximum absolute atomic E-state index is 4.66. The summed E-state index contributed by atoms with van der Waals surface area (Å²) in [5, 5.41) is 3.26. The van der Waals surface area contributed by atoms with Crippen LogP contribution in [0.3, 0.4) is 0 Å². The Morgan fingerprint density at radius 1 is 1.09 bits per heavy atom. The molecule has 5 nitrogen and oxygen atoms in total. The van der Waals surface area contributed by atoms with Gasteiger partial charge in [-0.2, -0.15) is 0 Å². The Bertz CT molecular complexity index is 632. The molecule has 0 bridgehead atoms. The van der Waals surface area contributed by atoms with Crippen molar-refractivity contribution in [1.82, 2.24) is 19.9 Å². The van der Waals surface area contributed by atoms with Crippen LogP contribution in [-0.4, -0.2) is 46.0 Å². The number of piperazine rings is 1. The third kappa shape index (κ3) is 2.98. The summed E-state index contributed by atoms with van der Waals surface area (Å²) in [5.74, 6) is 1.96. The van der Waals surface area contributed by atoms with E-state index >= 15 is 0 Å². The molecule has 0 saturated carbocycles. The molecule has 1 unspecified atom stereocenters. The highest BCUT2D eigenvalue weighted by atomic mass is 32.1. The summed E-state index contributed by atoms with van der Waals surface area (Å²) in [6.07, 6.45) is 1.89. The lowest BCUT2D eigenvalue weighted by Gasteiger charge is -2.38. The number of hydrogen-bond donors (Lipinski definition) is 0. The third-order valence-corrected chi connectivity index (χ3v) is 5.39. The average molecular weight is 317 g/mol. The molecule has 2 aromatic rings. The molecule has 3 heterocycles. The van der Waals surface area contributed by atoms with Gasteiger partial charge >= 0.3 is 0 Å². The molecule has 3 rings (SSSR count). The van der Waals surface area contributed by atoms with Gasteiger partial charge in [-0.1, -0.05) is 0 Å². The maximum Gasteiger partial charge on any atom is 0.135 e. The van der Waals surface area contributed by atoms with E-state index in [1.54, 1.807) is 11.3 Å². The summed E-state index contributed by atoms with van der Waals surface area (Å²) in [6, 6.07) is 0.400. The molecular formula is C16H23N5S. The molecule has 6 heteroatoms. The Balaban J connectivity index is 1.70. The zero-order chi connectivity index (χ0) is 15.7. The van der Waals surface area contributed by atoms with Gasteiger partial charge in [-0.05, 0) is 27.7 Å². The van der Waals surface area contributed by atoms with Gasteiger partial charge in [0.2, 0.25) is 0 Å². The molecule has 2 aromatic heterocycles. The van der Waals surface area contributed by atoms with E-state index in [1.807, 2.05) is 13.1 Å². The number of rotatable bonds is 3. The number of thiazole rings is 1. The summed E-state index contributed by atoms with van der Waals surface area (Å²) in [5.41, 5.74) is 2.29. The number of aromatic nitrogens is 3. The molecule has 1 saturated heterocycles. The minimum Gasteiger partial charge on any atom is -0.354 e. The molecule has 1 aliphatic heterocycles. The van der Waals surface area contributed by atoms with Crippen molar-refractivity contribution >= 4 is 17.2 Å². The van der Waals surface area contributed by atoms with Crippen LogP contribution >= 0.6 is 11.3 Å². The van der Waals surface area contributed by atoms with E-state index in [0.717, 1.165) is 43.5 Å². The van der Waals surface area contributed by atoms with Crippen molar-refractivity contribution in [2.24, 2.45) is 0 Å². The topological polar surface area (TPSA) is 45.2 Å². The number of hydrogen-bond acceptors (Lipinski definition) is 6. The first kappa shape index (κ1) is 15.4. The smallest absolute Gasteiger partial charge is 0.135 e. The molecule has 0 aliphatic carbocycles. The van der Waals surface area contributed by atoms with Crippen LogP contribution in [0.25, 0.3) is 0 Å². The van der Waals surface area contributed by atoms with Crippen LogP contribution in [0.2, 0.25) is 0 Å². The zero-order valence-electron chi connectivity index (χ0n) is 13.7. The monoisotopic (exact) mass is 317 g/mol. The summed E-state index contributed by atoms with van der Waals surface area (Å²) in [4.78, 5) is 18.5. The Morgan fingerprint density at radius 3 is 2.45 bits per heavy atom. The largest absolute Gasteiger partial charge is 0.354 e. The van der Waals surface area contributed by atoms with Crippen LogP contribution < -0.4 is 4.90 Å². The van der Waals surface area contributed by atoms with Crippen LogP contribution in [0, 0.1) is 20.8 Å². The third-order valence-electron chi connectivity index (χ3n) is 4.45. The highest BCUT2D eigenvalue weighted by molar-refractivity contribution is 7.09. The van der Waals surface area contributed by atoms with Crippen molar-refractivity contribution < 1.29 is 0 Å². The minimum absolute atomic E-state index is 0.400. The van der Waals surface area contributed by atoms with Crippen LogP contribution in [0.15, 0.2) is 11.6 Å².